The van der Waals surface area contributed by atoms with Crippen molar-refractivity contribution >= 4 is 16.6 Å². The van der Waals surface area contributed by atoms with Gasteiger partial charge in [0.05, 0.1) is 35.2 Å². The Hall–Kier alpha value is -3.20. The second-order valence-corrected chi connectivity index (χ2v) is 4.93. The van der Waals surface area contributed by atoms with Gasteiger partial charge in [-0.3, -0.25) is 24.5 Å². The van der Waals surface area contributed by atoms with E-state index in [1.807, 2.05) is 0 Å². The number of rotatable bonds is 5. The SMILES string of the molecule is COCCn1c(-c2cnccn2)nc2ccc([N+](=O)[O-])cc2c1=O. The third-order valence-electron chi connectivity index (χ3n) is 3.46. The summed E-state index contributed by atoms with van der Waals surface area (Å²) in [6, 6.07) is 4.00. The number of nitro groups is 1. The van der Waals surface area contributed by atoms with E-state index < -0.39 is 4.92 Å². The lowest BCUT2D eigenvalue weighted by atomic mass is 10.2. The molecule has 0 radical (unpaired) electrons. The van der Waals surface area contributed by atoms with Gasteiger partial charge in [-0.1, -0.05) is 0 Å². The third kappa shape index (κ3) is 2.84. The summed E-state index contributed by atoms with van der Waals surface area (Å²) in [5, 5.41) is 11.1. The van der Waals surface area contributed by atoms with E-state index in [0.29, 0.717) is 17.0 Å². The minimum Gasteiger partial charge on any atom is -0.383 e. The maximum Gasteiger partial charge on any atom is 0.270 e. The van der Waals surface area contributed by atoms with Crippen LogP contribution in [0.2, 0.25) is 0 Å². The van der Waals surface area contributed by atoms with Gasteiger partial charge >= 0.3 is 0 Å². The molecular formula is C15H13N5O4. The van der Waals surface area contributed by atoms with Crippen LogP contribution in [0.5, 0.6) is 0 Å². The highest BCUT2D eigenvalue weighted by molar-refractivity contribution is 5.81. The first-order chi connectivity index (χ1) is 11.6. The molecule has 24 heavy (non-hydrogen) atoms. The quantitative estimate of drug-likeness (QED) is 0.514. The van der Waals surface area contributed by atoms with Crippen molar-refractivity contribution in [1.29, 1.82) is 0 Å². The first kappa shape index (κ1) is 15.7. The van der Waals surface area contributed by atoms with Gasteiger partial charge in [-0.25, -0.2) is 9.97 Å². The van der Waals surface area contributed by atoms with Gasteiger partial charge in [-0.05, 0) is 6.07 Å². The number of ether oxygens (including phenoxy) is 1. The Kier molecular flexibility index (Phi) is 4.25. The lowest BCUT2D eigenvalue weighted by Gasteiger charge is -2.12. The number of nitrogens with zero attached hydrogens (tertiary/aromatic N) is 5. The molecule has 0 fully saturated rings. The molecule has 3 rings (SSSR count). The number of benzene rings is 1. The van der Waals surface area contributed by atoms with Gasteiger partial charge in [0.2, 0.25) is 0 Å². The van der Waals surface area contributed by atoms with Crippen molar-refractivity contribution in [3.63, 3.8) is 0 Å². The van der Waals surface area contributed by atoms with Gasteiger partial charge in [0.1, 0.15) is 5.69 Å². The van der Waals surface area contributed by atoms with Crippen LogP contribution in [0.15, 0.2) is 41.6 Å². The predicted octanol–water partition coefficient (Wildman–Crippen LogP) is 1.41. The Bertz CT molecular complexity index is 955. The molecule has 122 valence electrons. The molecular weight excluding hydrogens is 314 g/mol. The van der Waals surface area contributed by atoms with E-state index in [-0.39, 0.29) is 29.8 Å². The smallest absolute Gasteiger partial charge is 0.270 e. The number of non-ortho nitro benzene ring substituents is 1. The molecule has 2 aromatic heterocycles. The molecule has 9 nitrogen and oxygen atoms in total. The van der Waals surface area contributed by atoms with E-state index in [1.54, 1.807) is 0 Å². The molecule has 0 N–H and O–H groups in total. The largest absolute Gasteiger partial charge is 0.383 e. The Morgan fingerprint density at radius 1 is 1.33 bits per heavy atom. The fraction of sp³-hybridized carbons (Fsp3) is 0.200. The molecule has 0 aliphatic rings. The van der Waals surface area contributed by atoms with Crippen molar-refractivity contribution in [2.75, 3.05) is 13.7 Å². The number of hydrogen-bond donors (Lipinski definition) is 0. The van der Waals surface area contributed by atoms with Gasteiger partial charge in [0.15, 0.2) is 5.82 Å². The molecule has 2 heterocycles. The van der Waals surface area contributed by atoms with E-state index in [0.717, 1.165) is 0 Å². The van der Waals surface area contributed by atoms with Crippen molar-refractivity contribution in [1.82, 2.24) is 19.5 Å². The monoisotopic (exact) mass is 327 g/mol. The number of fused-ring (bicyclic) bond motifs is 1. The Morgan fingerprint density at radius 2 is 2.17 bits per heavy atom. The van der Waals surface area contributed by atoms with Crippen LogP contribution in [-0.4, -0.2) is 38.2 Å². The molecule has 0 amide bonds. The molecule has 0 unspecified atom stereocenters. The fourth-order valence-electron chi connectivity index (χ4n) is 2.32. The topological polar surface area (TPSA) is 113 Å². The van der Waals surface area contributed by atoms with E-state index in [4.69, 9.17) is 4.74 Å². The van der Waals surface area contributed by atoms with Crippen LogP contribution < -0.4 is 5.56 Å². The fourth-order valence-corrected chi connectivity index (χ4v) is 2.32. The molecule has 0 atom stereocenters. The molecule has 0 saturated carbocycles. The highest BCUT2D eigenvalue weighted by atomic mass is 16.6. The van der Waals surface area contributed by atoms with E-state index in [2.05, 4.69) is 15.0 Å². The third-order valence-corrected chi connectivity index (χ3v) is 3.46. The molecule has 0 aliphatic heterocycles. The number of aromatic nitrogens is 4. The van der Waals surface area contributed by atoms with Crippen LogP contribution in [0, 0.1) is 10.1 Å². The maximum atomic E-state index is 12.8. The normalized spacial score (nSPS) is 10.9. The average molecular weight is 327 g/mol. The van der Waals surface area contributed by atoms with Crippen molar-refractivity contribution in [3.05, 3.63) is 57.3 Å². The zero-order valence-corrected chi connectivity index (χ0v) is 12.7. The average Bonchev–Trinajstić information content (AvgIpc) is 2.61. The first-order valence-electron chi connectivity index (χ1n) is 7.06. The Balaban J connectivity index is 2.29. The van der Waals surface area contributed by atoms with Gasteiger partial charge < -0.3 is 4.74 Å². The van der Waals surface area contributed by atoms with Gasteiger partial charge in [0.25, 0.3) is 11.2 Å². The lowest BCUT2D eigenvalue weighted by Crippen LogP contribution is -2.25. The van der Waals surface area contributed by atoms with Gasteiger partial charge in [0, 0.05) is 31.6 Å². The summed E-state index contributed by atoms with van der Waals surface area (Å²) in [6.45, 7) is 0.530. The highest BCUT2D eigenvalue weighted by Crippen LogP contribution is 2.20. The standard InChI is InChI=1S/C15H13N5O4/c1-24-7-6-19-14(13-9-16-4-5-17-13)18-12-3-2-10(20(22)23)8-11(12)15(19)21/h2-5,8-9H,6-7H2,1H3. The predicted molar refractivity (Wildman–Crippen MR) is 85.6 cm³/mol. The molecule has 1 aromatic carbocycles. The minimum absolute atomic E-state index is 0.160. The second-order valence-electron chi connectivity index (χ2n) is 4.93. The van der Waals surface area contributed by atoms with Crippen LogP contribution in [-0.2, 0) is 11.3 Å². The first-order valence-corrected chi connectivity index (χ1v) is 7.06. The van der Waals surface area contributed by atoms with Crippen LogP contribution in [0.25, 0.3) is 22.4 Å². The Labute approximate surface area is 135 Å². The summed E-state index contributed by atoms with van der Waals surface area (Å²) >= 11 is 0. The molecule has 0 spiro atoms. The zero-order valence-electron chi connectivity index (χ0n) is 12.7. The number of hydrogen-bond acceptors (Lipinski definition) is 7. The van der Waals surface area contributed by atoms with E-state index >= 15 is 0 Å². The maximum absolute atomic E-state index is 12.8. The summed E-state index contributed by atoms with van der Waals surface area (Å²) in [5.74, 6) is 0.339. The zero-order chi connectivity index (χ0) is 17.1. The van der Waals surface area contributed by atoms with Crippen LogP contribution in [0.3, 0.4) is 0 Å². The van der Waals surface area contributed by atoms with E-state index in [9.17, 15) is 14.9 Å². The van der Waals surface area contributed by atoms with Crippen molar-refractivity contribution in [2.24, 2.45) is 0 Å². The summed E-state index contributed by atoms with van der Waals surface area (Å²) < 4.78 is 6.42. The van der Waals surface area contributed by atoms with Crippen LogP contribution in [0.1, 0.15) is 0 Å². The lowest BCUT2D eigenvalue weighted by molar-refractivity contribution is -0.384. The van der Waals surface area contributed by atoms with Crippen molar-refractivity contribution in [2.45, 2.75) is 6.54 Å². The highest BCUT2D eigenvalue weighted by Gasteiger charge is 2.16. The molecule has 0 bridgehead atoms. The van der Waals surface area contributed by atoms with Crippen LogP contribution >= 0.6 is 0 Å². The Morgan fingerprint density at radius 3 is 2.83 bits per heavy atom. The minimum atomic E-state index is -0.547. The van der Waals surface area contributed by atoms with Crippen molar-refractivity contribution < 1.29 is 9.66 Å². The number of methoxy groups -OCH3 is 1. The molecule has 3 aromatic rings. The van der Waals surface area contributed by atoms with E-state index in [1.165, 1.54) is 48.5 Å². The number of nitro benzene ring substituents is 1. The summed E-state index contributed by atoms with van der Waals surface area (Å²) in [6.07, 6.45) is 4.52. The molecule has 0 aliphatic carbocycles. The van der Waals surface area contributed by atoms with Crippen LogP contribution in [0.4, 0.5) is 5.69 Å². The molecule has 9 heteroatoms. The molecule has 0 saturated heterocycles. The summed E-state index contributed by atoms with van der Waals surface area (Å²) in [5.41, 5.74) is 0.249. The summed E-state index contributed by atoms with van der Waals surface area (Å²) in [4.78, 5) is 35.8. The van der Waals surface area contributed by atoms with Gasteiger partial charge in [-0.15, -0.1) is 0 Å². The van der Waals surface area contributed by atoms with Gasteiger partial charge in [-0.2, -0.15) is 0 Å². The summed E-state index contributed by atoms with van der Waals surface area (Å²) in [7, 11) is 1.52. The van der Waals surface area contributed by atoms with Crippen molar-refractivity contribution in [3.8, 4) is 11.5 Å². The second kappa shape index (κ2) is 6.50.